The Hall–Kier alpha value is -1.90. The zero-order valence-electron chi connectivity index (χ0n) is 13.9. The van der Waals surface area contributed by atoms with Gasteiger partial charge in [-0.15, -0.1) is 0 Å². The van der Waals surface area contributed by atoms with Crippen LogP contribution in [0.2, 0.25) is 0 Å². The number of amides is 1. The van der Waals surface area contributed by atoms with E-state index in [0.29, 0.717) is 13.0 Å². The van der Waals surface area contributed by atoms with Crippen molar-refractivity contribution in [3.8, 4) is 0 Å². The van der Waals surface area contributed by atoms with Crippen molar-refractivity contribution in [1.82, 2.24) is 15.1 Å². The highest BCUT2D eigenvalue weighted by Gasteiger charge is 2.34. The van der Waals surface area contributed by atoms with Gasteiger partial charge in [0.25, 0.3) is 5.91 Å². The van der Waals surface area contributed by atoms with E-state index in [0.717, 1.165) is 18.5 Å². The first kappa shape index (κ1) is 18.4. The van der Waals surface area contributed by atoms with Crippen LogP contribution in [-0.2, 0) is 25.8 Å². The summed E-state index contributed by atoms with van der Waals surface area (Å²) in [7, 11) is -3.08. The molecule has 1 atom stereocenters. The number of aryl methyl sites for hydroxylation is 1. The fraction of sp³-hybridized carbons (Fsp3) is 0.667. The number of esters is 1. The standard InChI is InChI=1S/C15H23N3O5S/c1-3-5-11-8-13(17-16-11)15(20)23-9-14(19)18(4-2)12-6-7-24(21,22)10-12/h8,12H,3-7,9-10H2,1-2H3,(H,16,17). The molecule has 0 bridgehead atoms. The van der Waals surface area contributed by atoms with Crippen LogP contribution in [0.3, 0.4) is 0 Å². The molecule has 134 valence electrons. The Morgan fingerprint density at radius 1 is 1.42 bits per heavy atom. The molecule has 8 nitrogen and oxygen atoms in total. The smallest absolute Gasteiger partial charge is 0.359 e. The van der Waals surface area contributed by atoms with Crippen molar-refractivity contribution in [3.63, 3.8) is 0 Å². The molecule has 0 saturated carbocycles. The Bertz CT molecular complexity index is 698. The van der Waals surface area contributed by atoms with Crippen LogP contribution in [0.5, 0.6) is 0 Å². The fourth-order valence-electron chi connectivity index (χ4n) is 2.81. The van der Waals surface area contributed by atoms with Gasteiger partial charge in [-0.1, -0.05) is 13.3 Å². The van der Waals surface area contributed by atoms with Crippen LogP contribution in [0, 0.1) is 0 Å². The zero-order valence-corrected chi connectivity index (χ0v) is 14.8. The average molecular weight is 357 g/mol. The van der Waals surface area contributed by atoms with Gasteiger partial charge >= 0.3 is 5.97 Å². The summed E-state index contributed by atoms with van der Waals surface area (Å²) in [6, 6.07) is 1.27. The van der Waals surface area contributed by atoms with Gasteiger partial charge in [0.05, 0.1) is 11.5 Å². The number of nitrogens with zero attached hydrogens (tertiary/aromatic N) is 2. The van der Waals surface area contributed by atoms with Crippen molar-refractivity contribution in [2.45, 2.75) is 39.2 Å². The van der Waals surface area contributed by atoms with Crippen LogP contribution in [0.15, 0.2) is 6.07 Å². The topological polar surface area (TPSA) is 109 Å². The first-order valence-electron chi connectivity index (χ1n) is 8.07. The number of nitrogens with one attached hydrogen (secondary N) is 1. The number of sulfone groups is 1. The van der Waals surface area contributed by atoms with Crippen molar-refractivity contribution < 1.29 is 22.7 Å². The molecule has 1 fully saturated rings. The summed E-state index contributed by atoms with van der Waals surface area (Å²) >= 11 is 0. The Morgan fingerprint density at radius 2 is 2.17 bits per heavy atom. The maximum Gasteiger partial charge on any atom is 0.359 e. The van der Waals surface area contributed by atoms with Gasteiger partial charge < -0.3 is 9.64 Å². The second-order valence-electron chi connectivity index (χ2n) is 5.84. The van der Waals surface area contributed by atoms with Gasteiger partial charge in [0.2, 0.25) is 0 Å². The van der Waals surface area contributed by atoms with E-state index >= 15 is 0 Å². The summed E-state index contributed by atoms with van der Waals surface area (Å²) in [4.78, 5) is 25.6. The van der Waals surface area contributed by atoms with Gasteiger partial charge in [0.1, 0.15) is 0 Å². The quantitative estimate of drug-likeness (QED) is 0.714. The van der Waals surface area contributed by atoms with Gasteiger partial charge in [0.15, 0.2) is 22.1 Å². The maximum absolute atomic E-state index is 12.2. The molecule has 9 heteroatoms. The highest BCUT2D eigenvalue weighted by atomic mass is 32.2. The Kier molecular flexibility index (Phi) is 5.98. The summed E-state index contributed by atoms with van der Waals surface area (Å²) in [6.45, 7) is 3.74. The fourth-order valence-corrected chi connectivity index (χ4v) is 4.54. The van der Waals surface area contributed by atoms with Crippen molar-refractivity contribution in [3.05, 3.63) is 17.5 Å². The van der Waals surface area contributed by atoms with E-state index in [2.05, 4.69) is 10.2 Å². The number of hydrogen-bond donors (Lipinski definition) is 1. The lowest BCUT2D eigenvalue weighted by Crippen LogP contribution is -2.43. The molecule has 1 amide bonds. The van der Waals surface area contributed by atoms with Crippen LogP contribution < -0.4 is 0 Å². The molecule has 24 heavy (non-hydrogen) atoms. The molecule has 0 radical (unpaired) electrons. The molecule has 1 aliphatic heterocycles. The number of H-pyrrole nitrogens is 1. The first-order chi connectivity index (χ1) is 11.4. The second-order valence-corrected chi connectivity index (χ2v) is 8.07. The minimum atomic E-state index is -3.08. The molecule has 2 rings (SSSR count). The van der Waals surface area contributed by atoms with Crippen LogP contribution in [0.1, 0.15) is 42.9 Å². The highest BCUT2D eigenvalue weighted by molar-refractivity contribution is 7.91. The van der Waals surface area contributed by atoms with Crippen LogP contribution in [0.4, 0.5) is 0 Å². The maximum atomic E-state index is 12.2. The van der Waals surface area contributed by atoms with E-state index in [-0.39, 0.29) is 23.2 Å². The average Bonchev–Trinajstić information content (AvgIpc) is 3.13. The van der Waals surface area contributed by atoms with E-state index in [1.165, 1.54) is 4.90 Å². The summed E-state index contributed by atoms with van der Waals surface area (Å²) in [5.74, 6) is -0.996. The number of likely N-dealkylation sites (N-methyl/N-ethyl adjacent to an activating group) is 1. The number of rotatable bonds is 7. The SMILES string of the molecule is CCCc1cc(C(=O)OCC(=O)N(CC)C2CCS(=O)(=O)C2)n[nH]1. The predicted octanol–water partition coefficient (Wildman–Crippen LogP) is 0.555. The molecule has 0 aliphatic carbocycles. The van der Waals surface area contributed by atoms with Gasteiger partial charge in [-0.3, -0.25) is 9.89 Å². The van der Waals surface area contributed by atoms with Crippen molar-refractivity contribution in [2.24, 2.45) is 0 Å². The Morgan fingerprint density at radius 3 is 2.75 bits per heavy atom. The third kappa shape index (κ3) is 4.56. The van der Waals surface area contributed by atoms with E-state index in [4.69, 9.17) is 4.74 Å². The van der Waals surface area contributed by atoms with E-state index < -0.39 is 28.3 Å². The lowest BCUT2D eigenvalue weighted by molar-refractivity contribution is -0.136. The molecular formula is C15H23N3O5S. The van der Waals surface area contributed by atoms with E-state index in [9.17, 15) is 18.0 Å². The summed E-state index contributed by atoms with van der Waals surface area (Å²) < 4.78 is 28.1. The molecule has 0 aromatic carbocycles. The van der Waals surface area contributed by atoms with Crippen molar-refractivity contribution >= 4 is 21.7 Å². The van der Waals surface area contributed by atoms with E-state index in [1.807, 2.05) is 6.92 Å². The zero-order chi connectivity index (χ0) is 17.7. The van der Waals surface area contributed by atoms with Crippen LogP contribution in [0.25, 0.3) is 0 Å². The number of ether oxygens (including phenoxy) is 1. The monoisotopic (exact) mass is 357 g/mol. The van der Waals surface area contributed by atoms with Gasteiger partial charge in [-0.25, -0.2) is 13.2 Å². The number of carbonyl (C=O) groups is 2. The summed E-state index contributed by atoms with van der Waals surface area (Å²) in [5.41, 5.74) is 0.972. The van der Waals surface area contributed by atoms with Gasteiger partial charge in [0, 0.05) is 18.3 Å². The molecule has 1 unspecified atom stereocenters. The molecule has 2 heterocycles. The predicted molar refractivity (Wildman–Crippen MR) is 87.3 cm³/mol. The van der Waals surface area contributed by atoms with Gasteiger partial charge in [-0.2, -0.15) is 5.10 Å². The van der Waals surface area contributed by atoms with Crippen LogP contribution >= 0.6 is 0 Å². The Balaban J connectivity index is 1.89. The lowest BCUT2D eigenvalue weighted by Gasteiger charge is -2.26. The van der Waals surface area contributed by atoms with E-state index in [1.54, 1.807) is 13.0 Å². The summed E-state index contributed by atoms with van der Waals surface area (Å²) in [6.07, 6.45) is 2.12. The third-order valence-corrected chi connectivity index (χ3v) is 5.75. The largest absolute Gasteiger partial charge is 0.451 e. The number of carbonyl (C=O) groups excluding carboxylic acids is 2. The normalized spacial score (nSPS) is 19.2. The molecule has 1 aromatic heterocycles. The molecule has 1 N–H and O–H groups in total. The highest BCUT2D eigenvalue weighted by Crippen LogP contribution is 2.18. The molecule has 1 aliphatic rings. The Labute approximate surface area is 141 Å². The summed E-state index contributed by atoms with van der Waals surface area (Å²) in [5, 5.41) is 6.62. The molecule has 1 aromatic rings. The molecule has 0 spiro atoms. The number of aromatic nitrogens is 2. The first-order valence-corrected chi connectivity index (χ1v) is 9.89. The lowest BCUT2D eigenvalue weighted by atomic mass is 10.2. The van der Waals surface area contributed by atoms with Crippen molar-refractivity contribution in [2.75, 3.05) is 24.7 Å². The van der Waals surface area contributed by atoms with Crippen molar-refractivity contribution in [1.29, 1.82) is 0 Å². The molecule has 1 saturated heterocycles. The van der Waals surface area contributed by atoms with Gasteiger partial charge in [-0.05, 0) is 25.8 Å². The second kappa shape index (κ2) is 7.78. The minimum absolute atomic E-state index is 0.0275. The number of hydrogen-bond acceptors (Lipinski definition) is 6. The molecular weight excluding hydrogens is 334 g/mol. The third-order valence-electron chi connectivity index (χ3n) is 4.00. The number of aromatic amines is 1. The van der Waals surface area contributed by atoms with Crippen LogP contribution in [-0.4, -0.2) is 66.1 Å². The minimum Gasteiger partial charge on any atom is -0.451 e.